The fraction of sp³-hybridized carbons (Fsp3) is 0.105. The second kappa shape index (κ2) is 7.23. The SMILES string of the molecule is C[C@H](NC(=O)c1cc(-c2ccc(Cl)cc2)ncn1)c1ccccc1. The van der Waals surface area contributed by atoms with Crippen molar-refractivity contribution in [3.63, 3.8) is 0 Å². The first-order valence-electron chi connectivity index (χ1n) is 7.57. The molecule has 1 amide bonds. The molecule has 0 saturated heterocycles. The van der Waals surface area contributed by atoms with Gasteiger partial charge in [0.05, 0.1) is 11.7 Å². The molecule has 0 spiro atoms. The van der Waals surface area contributed by atoms with Crippen LogP contribution in [0.1, 0.15) is 29.0 Å². The quantitative estimate of drug-likeness (QED) is 0.772. The second-order valence-corrected chi connectivity index (χ2v) is 5.84. The molecule has 0 radical (unpaired) electrons. The highest BCUT2D eigenvalue weighted by Crippen LogP contribution is 2.20. The monoisotopic (exact) mass is 337 g/mol. The van der Waals surface area contributed by atoms with E-state index in [-0.39, 0.29) is 11.9 Å². The number of hydrogen-bond acceptors (Lipinski definition) is 3. The van der Waals surface area contributed by atoms with Crippen molar-refractivity contribution in [2.45, 2.75) is 13.0 Å². The Morgan fingerprint density at radius 2 is 1.75 bits per heavy atom. The number of nitrogens with zero attached hydrogens (tertiary/aromatic N) is 2. The topological polar surface area (TPSA) is 54.9 Å². The summed E-state index contributed by atoms with van der Waals surface area (Å²) in [7, 11) is 0. The highest BCUT2D eigenvalue weighted by Gasteiger charge is 2.13. The van der Waals surface area contributed by atoms with Crippen molar-refractivity contribution in [2.24, 2.45) is 0 Å². The number of benzene rings is 2. The maximum Gasteiger partial charge on any atom is 0.270 e. The van der Waals surface area contributed by atoms with Crippen LogP contribution < -0.4 is 5.32 Å². The van der Waals surface area contributed by atoms with Crippen LogP contribution in [0.15, 0.2) is 67.0 Å². The molecule has 0 fully saturated rings. The standard InChI is InChI=1S/C19H16ClN3O/c1-13(14-5-3-2-4-6-14)23-19(24)18-11-17(21-12-22-18)15-7-9-16(20)10-8-15/h2-13H,1H3,(H,23,24)/t13-/m0/s1. The van der Waals surface area contributed by atoms with Gasteiger partial charge in [0.2, 0.25) is 0 Å². The first-order valence-corrected chi connectivity index (χ1v) is 7.95. The smallest absolute Gasteiger partial charge is 0.270 e. The fourth-order valence-electron chi connectivity index (χ4n) is 2.36. The van der Waals surface area contributed by atoms with Crippen molar-refractivity contribution in [1.82, 2.24) is 15.3 Å². The molecule has 0 aliphatic carbocycles. The summed E-state index contributed by atoms with van der Waals surface area (Å²) in [6.45, 7) is 1.94. The first-order chi connectivity index (χ1) is 11.6. The molecule has 1 atom stereocenters. The molecule has 1 heterocycles. The van der Waals surface area contributed by atoms with Gasteiger partial charge >= 0.3 is 0 Å². The van der Waals surface area contributed by atoms with E-state index < -0.39 is 0 Å². The van der Waals surface area contributed by atoms with Crippen molar-refractivity contribution in [2.75, 3.05) is 0 Å². The van der Waals surface area contributed by atoms with Gasteiger partial charge in [-0.15, -0.1) is 0 Å². The van der Waals surface area contributed by atoms with Crippen LogP contribution in [0.2, 0.25) is 5.02 Å². The molecule has 1 N–H and O–H groups in total. The lowest BCUT2D eigenvalue weighted by atomic mass is 10.1. The lowest BCUT2D eigenvalue weighted by Crippen LogP contribution is -2.27. The Kier molecular flexibility index (Phi) is 4.87. The number of amides is 1. The van der Waals surface area contributed by atoms with Gasteiger partial charge in [-0.2, -0.15) is 0 Å². The van der Waals surface area contributed by atoms with Gasteiger partial charge in [0.15, 0.2) is 0 Å². The Morgan fingerprint density at radius 3 is 2.46 bits per heavy atom. The molecule has 0 aliphatic heterocycles. The number of carbonyl (C=O) groups is 1. The summed E-state index contributed by atoms with van der Waals surface area (Å²) in [5, 5.41) is 3.60. The lowest BCUT2D eigenvalue weighted by molar-refractivity contribution is 0.0934. The molecular formula is C19H16ClN3O. The van der Waals surface area contributed by atoms with E-state index in [1.165, 1.54) is 6.33 Å². The van der Waals surface area contributed by atoms with Crippen LogP contribution in [0.3, 0.4) is 0 Å². The zero-order chi connectivity index (χ0) is 16.9. The maximum atomic E-state index is 12.4. The first kappa shape index (κ1) is 16.1. The molecule has 0 aliphatic rings. The van der Waals surface area contributed by atoms with Crippen molar-refractivity contribution in [1.29, 1.82) is 0 Å². The number of halogens is 1. The number of hydrogen-bond donors (Lipinski definition) is 1. The Labute approximate surface area is 145 Å². The number of carbonyl (C=O) groups excluding carboxylic acids is 1. The average Bonchev–Trinajstić information content (AvgIpc) is 2.63. The second-order valence-electron chi connectivity index (χ2n) is 5.40. The van der Waals surface area contributed by atoms with Gasteiger partial charge in [-0.25, -0.2) is 9.97 Å². The molecule has 0 unspecified atom stereocenters. The van der Waals surface area contributed by atoms with Crippen LogP contribution in [-0.4, -0.2) is 15.9 Å². The third-order valence-electron chi connectivity index (χ3n) is 3.69. The van der Waals surface area contributed by atoms with Crippen LogP contribution in [0.4, 0.5) is 0 Å². The van der Waals surface area contributed by atoms with E-state index in [9.17, 15) is 4.79 Å². The van der Waals surface area contributed by atoms with Gasteiger partial charge in [-0.1, -0.05) is 54.1 Å². The molecule has 4 nitrogen and oxygen atoms in total. The van der Waals surface area contributed by atoms with E-state index in [1.807, 2.05) is 49.4 Å². The van der Waals surface area contributed by atoms with E-state index in [0.717, 1.165) is 11.1 Å². The van der Waals surface area contributed by atoms with Crippen LogP contribution in [0, 0.1) is 0 Å². The molecule has 5 heteroatoms. The molecular weight excluding hydrogens is 322 g/mol. The minimum atomic E-state index is -0.232. The number of rotatable bonds is 4. The zero-order valence-corrected chi connectivity index (χ0v) is 13.9. The summed E-state index contributed by atoms with van der Waals surface area (Å²) in [5.41, 5.74) is 2.93. The Morgan fingerprint density at radius 1 is 1.04 bits per heavy atom. The molecule has 3 aromatic rings. The number of nitrogens with one attached hydrogen (secondary N) is 1. The van der Waals surface area contributed by atoms with Gasteiger partial charge < -0.3 is 5.32 Å². The average molecular weight is 338 g/mol. The van der Waals surface area contributed by atoms with E-state index in [4.69, 9.17) is 11.6 Å². The molecule has 1 aromatic heterocycles. The van der Waals surface area contributed by atoms with Crippen molar-refractivity contribution >= 4 is 17.5 Å². The zero-order valence-electron chi connectivity index (χ0n) is 13.1. The Balaban J connectivity index is 1.78. The van der Waals surface area contributed by atoms with Gasteiger partial charge in [-0.3, -0.25) is 4.79 Å². The summed E-state index contributed by atoms with van der Waals surface area (Å²) < 4.78 is 0. The van der Waals surface area contributed by atoms with Gasteiger partial charge in [0.25, 0.3) is 5.91 Å². The van der Waals surface area contributed by atoms with Crippen molar-refractivity contribution < 1.29 is 4.79 Å². The van der Waals surface area contributed by atoms with Gasteiger partial charge in [0, 0.05) is 10.6 Å². The van der Waals surface area contributed by atoms with E-state index >= 15 is 0 Å². The van der Waals surface area contributed by atoms with Crippen molar-refractivity contribution in [3.8, 4) is 11.3 Å². The van der Waals surface area contributed by atoms with Gasteiger partial charge in [-0.05, 0) is 30.7 Å². The molecule has 24 heavy (non-hydrogen) atoms. The van der Waals surface area contributed by atoms with Crippen LogP contribution in [0.5, 0.6) is 0 Å². The predicted molar refractivity (Wildman–Crippen MR) is 94.8 cm³/mol. The lowest BCUT2D eigenvalue weighted by Gasteiger charge is -2.14. The predicted octanol–water partition coefficient (Wildman–Crippen LogP) is 4.29. The summed E-state index contributed by atoms with van der Waals surface area (Å²) in [6, 6.07) is 18.7. The minimum absolute atomic E-state index is 0.104. The third-order valence-corrected chi connectivity index (χ3v) is 3.94. The fourth-order valence-corrected chi connectivity index (χ4v) is 2.48. The number of aromatic nitrogens is 2. The van der Waals surface area contributed by atoms with Crippen molar-refractivity contribution in [3.05, 3.63) is 83.3 Å². The normalized spacial score (nSPS) is 11.8. The molecule has 0 bridgehead atoms. The summed E-state index contributed by atoms with van der Waals surface area (Å²) in [6.07, 6.45) is 1.39. The highest BCUT2D eigenvalue weighted by molar-refractivity contribution is 6.30. The Hall–Kier alpha value is -2.72. The largest absolute Gasteiger partial charge is 0.344 e. The molecule has 120 valence electrons. The van der Waals surface area contributed by atoms with E-state index in [2.05, 4.69) is 15.3 Å². The molecule has 3 rings (SSSR count). The Bertz CT molecular complexity index is 835. The molecule has 2 aromatic carbocycles. The summed E-state index contributed by atoms with van der Waals surface area (Å²) in [4.78, 5) is 20.7. The van der Waals surface area contributed by atoms with Crippen LogP contribution in [0.25, 0.3) is 11.3 Å². The minimum Gasteiger partial charge on any atom is -0.344 e. The van der Waals surface area contributed by atoms with Crippen LogP contribution in [-0.2, 0) is 0 Å². The summed E-state index contributed by atoms with van der Waals surface area (Å²) in [5.74, 6) is -0.232. The van der Waals surface area contributed by atoms with E-state index in [0.29, 0.717) is 16.4 Å². The van der Waals surface area contributed by atoms with E-state index in [1.54, 1.807) is 18.2 Å². The van der Waals surface area contributed by atoms with Crippen LogP contribution >= 0.6 is 11.6 Å². The third kappa shape index (κ3) is 3.78. The maximum absolute atomic E-state index is 12.4. The van der Waals surface area contributed by atoms with Gasteiger partial charge in [0.1, 0.15) is 12.0 Å². The highest BCUT2D eigenvalue weighted by atomic mass is 35.5. The molecule has 0 saturated carbocycles. The summed E-state index contributed by atoms with van der Waals surface area (Å²) >= 11 is 5.90.